The topological polar surface area (TPSA) is 38.8 Å². The number of thioether (sulfide) groups is 1. The lowest BCUT2D eigenvalue weighted by atomic mass is 10.1. The zero-order valence-electron chi connectivity index (χ0n) is 19.4. The van der Waals surface area contributed by atoms with E-state index in [4.69, 9.17) is 21.7 Å². The molecule has 174 valence electrons. The van der Waals surface area contributed by atoms with E-state index in [9.17, 15) is 4.79 Å². The van der Waals surface area contributed by atoms with Gasteiger partial charge in [0.15, 0.2) is 11.5 Å². The maximum Gasteiger partial charge on any atom is 0.266 e. The maximum absolute atomic E-state index is 12.9. The quantitative estimate of drug-likeness (QED) is 0.173. The van der Waals surface area contributed by atoms with Crippen molar-refractivity contribution in [1.82, 2.24) is 4.90 Å². The molecule has 0 atom stereocenters. The fourth-order valence-electron chi connectivity index (χ4n) is 4.06. The summed E-state index contributed by atoms with van der Waals surface area (Å²) in [6.07, 6.45) is 16.8. The molecule has 2 aliphatic heterocycles. The fraction of sp³-hybridized carbons (Fsp3) is 0.538. The number of methoxy groups -OCH3 is 1. The normalized spacial score (nSPS) is 16.9. The Labute approximate surface area is 202 Å². The van der Waals surface area contributed by atoms with Crippen LogP contribution in [0, 0.1) is 0 Å². The highest BCUT2D eigenvalue weighted by Crippen LogP contribution is 2.37. The van der Waals surface area contributed by atoms with Crippen molar-refractivity contribution < 1.29 is 14.3 Å². The average Bonchev–Trinajstić information content (AvgIpc) is 3.06. The maximum atomic E-state index is 12.9. The molecule has 0 N–H and O–H groups in total. The predicted octanol–water partition coefficient (Wildman–Crippen LogP) is 7.14. The van der Waals surface area contributed by atoms with Crippen LogP contribution in [0.1, 0.15) is 76.7 Å². The molecule has 32 heavy (non-hydrogen) atoms. The molecule has 1 saturated heterocycles. The summed E-state index contributed by atoms with van der Waals surface area (Å²) < 4.78 is 11.9. The van der Waals surface area contributed by atoms with Crippen LogP contribution < -0.4 is 9.47 Å². The first-order chi connectivity index (χ1) is 15.6. The molecule has 3 rings (SSSR count). The molecule has 1 aromatic rings. The highest BCUT2D eigenvalue weighted by atomic mass is 32.2. The number of fused-ring (bicyclic) bond motifs is 1. The first kappa shape index (κ1) is 24.8. The van der Waals surface area contributed by atoms with Crippen LogP contribution in [-0.4, -0.2) is 35.4 Å². The van der Waals surface area contributed by atoms with Crippen LogP contribution >= 0.6 is 24.0 Å². The van der Waals surface area contributed by atoms with Gasteiger partial charge in [0.2, 0.25) is 0 Å². The number of hydrogen-bond acceptors (Lipinski definition) is 5. The van der Waals surface area contributed by atoms with Gasteiger partial charge in [-0.3, -0.25) is 9.69 Å². The molecule has 2 aliphatic rings. The summed E-state index contributed by atoms with van der Waals surface area (Å²) >= 11 is 6.88. The van der Waals surface area contributed by atoms with Gasteiger partial charge in [0.1, 0.15) is 10.9 Å². The first-order valence-electron chi connectivity index (χ1n) is 11.9. The van der Waals surface area contributed by atoms with Crippen LogP contribution in [0.4, 0.5) is 0 Å². The van der Waals surface area contributed by atoms with Crippen LogP contribution in [-0.2, 0) is 4.79 Å². The van der Waals surface area contributed by atoms with Crippen molar-refractivity contribution in [1.29, 1.82) is 0 Å². The highest BCUT2D eigenvalue weighted by Gasteiger charge is 2.32. The highest BCUT2D eigenvalue weighted by molar-refractivity contribution is 8.26. The number of benzene rings is 1. The van der Waals surface area contributed by atoms with Crippen molar-refractivity contribution in [2.45, 2.75) is 71.1 Å². The van der Waals surface area contributed by atoms with Crippen LogP contribution in [0.3, 0.4) is 0 Å². The molecule has 0 spiro atoms. The van der Waals surface area contributed by atoms with Gasteiger partial charge >= 0.3 is 0 Å². The number of thiocarbonyl (C=S) groups is 1. The van der Waals surface area contributed by atoms with Gasteiger partial charge in [-0.2, -0.15) is 0 Å². The average molecular weight is 474 g/mol. The van der Waals surface area contributed by atoms with E-state index in [0.717, 1.165) is 35.5 Å². The lowest BCUT2D eigenvalue weighted by Gasteiger charge is -2.18. The van der Waals surface area contributed by atoms with Gasteiger partial charge in [0.05, 0.1) is 12.0 Å². The van der Waals surface area contributed by atoms with Gasteiger partial charge in [-0.1, -0.05) is 101 Å². The van der Waals surface area contributed by atoms with E-state index in [1.54, 1.807) is 12.0 Å². The zero-order chi connectivity index (χ0) is 22.8. The number of para-hydroxylation sites is 1. The van der Waals surface area contributed by atoms with Crippen molar-refractivity contribution in [3.8, 4) is 11.5 Å². The molecule has 4 nitrogen and oxygen atoms in total. The molecule has 0 unspecified atom stereocenters. The molecule has 6 heteroatoms. The minimum Gasteiger partial charge on any atom is -0.493 e. The number of hydrogen-bond donors (Lipinski definition) is 0. The summed E-state index contributed by atoms with van der Waals surface area (Å²) in [5.41, 5.74) is 1.92. The number of nitrogens with zero attached hydrogens (tertiary/aromatic N) is 1. The third kappa shape index (κ3) is 6.85. The van der Waals surface area contributed by atoms with E-state index in [0.29, 0.717) is 22.4 Å². The third-order valence-electron chi connectivity index (χ3n) is 5.88. The van der Waals surface area contributed by atoms with Gasteiger partial charge in [-0.05, 0) is 30.2 Å². The van der Waals surface area contributed by atoms with Gasteiger partial charge in [0.25, 0.3) is 5.91 Å². The van der Waals surface area contributed by atoms with Gasteiger partial charge in [-0.25, -0.2) is 0 Å². The smallest absolute Gasteiger partial charge is 0.266 e. The Balaban J connectivity index is 1.44. The fourth-order valence-corrected chi connectivity index (χ4v) is 5.38. The van der Waals surface area contributed by atoms with Crippen molar-refractivity contribution in [3.05, 3.63) is 40.3 Å². The number of amides is 1. The molecule has 0 saturated carbocycles. The second-order valence-corrected chi connectivity index (χ2v) is 10.1. The second-order valence-electron chi connectivity index (χ2n) is 8.40. The number of carbonyl (C=O) groups excluding carboxylic acids is 1. The zero-order valence-corrected chi connectivity index (χ0v) is 21.0. The molecule has 0 aromatic heterocycles. The van der Waals surface area contributed by atoms with Crippen molar-refractivity contribution in [3.63, 3.8) is 0 Å². The first-order valence-corrected chi connectivity index (χ1v) is 13.1. The van der Waals surface area contributed by atoms with E-state index >= 15 is 0 Å². The van der Waals surface area contributed by atoms with Crippen LogP contribution in [0.5, 0.6) is 11.5 Å². The summed E-state index contributed by atoms with van der Waals surface area (Å²) in [7, 11) is 1.64. The van der Waals surface area contributed by atoms with E-state index in [2.05, 4.69) is 13.0 Å². The minimum atomic E-state index is 0.0215. The predicted molar refractivity (Wildman–Crippen MR) is 138 cm³/mol. The van der Waals surface area contributed by atoms with E-state index in [1.807, 2.05) is 24.3 Å². The lowest BCUT2D eigenvalue weighted by Crippen LogP contribution is -2.29. The molecular formula is C26H35NO3S2. The van der Waals surface area contributed by atoms with Crippen LogP contribution in [0.15, 0.2) is 34.8 Å². The minimum absolute atomic E-state index is 0.0215. The Kier molecular flexibility index (Phi) is 10.1. The van der Waals surface area contributed by atoms with Crippen LogP contribution in [0.2, 0.25) is 0 Å². The van der Waals surface area contributed by atoms with Crippen molar-refractivity contribution >= 4 is 40.3 Å². The summed E-state index contributed by atoms with van der Waals surface area (Å²) in [6.45, 7) is 3.39. The van der Waals surface area contributed by atoms with Gasteiger partial charge in [-0.15, -0.1) is 0 Å². The molecule has 1 fully saturated rings. The molecule has 1 aromatic carbocycles. The number of rotatable bonds is 13. The largest absolute Gasteiger partial charge is 0.493 e. The number of ether oxygens (including phenoxy) is 2. The molecule has 1 amide bonds. The summed E-state index contributed by atoms with van der Waals surface area (Å²) in [5.74, 6) is 1.49. The Morgan fingerprint density at radius 1 is 1.09 bits per heavy atom. The Bertz CT molecular complexity index is 863. The molecule has 0 radical (unpaired) electrons. The summed E-state index contributed by atoms with van der Waals surface area (Å²) in [5, 5.41) is 0. The Hall–Kier alpha value is -1.79. The summed E-state index contributed by atoms with van der Waals surface area (Å²) in [6, 6.07) is 5.81. The summed E-state index contributed by atoms with van der Waals surface area (Å²) in [4.78, 5) is 15.3. The standard InChI is InChI=1S/C26H35NO3S2/c1-3-4-5-6-7-8-9-10-11-12-16-27-25(28)23(32-26(27)31)18-20-17-21-14-13-15-22(29-2)24(21)30-19-20/h13-15,17-18H,3-12,16,19H2,1-2H3/b23-18-. The molecule has 0 bridgehead atoms. The Morgan fingerprint density at radius 3 is 2.47 bits per heavy atom. The van der Waals surface area contributed by atoms with Crippen molar-refractivity contribution in [2.75, 3.05) is 20.3 Å². The molecule has 0 aliphatic carbocycles. The second kappa shape index (κ2) is 13.0. The van der Waals surface area contributed by atoms with Gasteiger partial charge in [0, 0.05) is 12.1 Å². The molecular weight excluding hydrogens is 438 g/mol. The SMILES string of the molecule is CCCCCCCCCCCCN1C(=O)/C(=C/C2=Cc3cccc(OC)c3OC2)SC1=S. The monoisotopic (exact) mass is 473 g/mol. The Morgan fingerprint density at radius 2 is 1.78 bits per heavy atom. The number of unbranched alkanes of at least 4 members (excludes halogenated alkanes) is 9. The van der Waals surface area contributed by atoms with E-state index in [-0.39, 0.29) is 5.91 Å². The van der Waals surface area contributed by atoms with E-state index < -0.39 is 0 Å². The van der Waals surface area contributed by atoms with Crippen molar-refractivity contribution in [2.24, 2.45) is 0 Å². The third-order valence-corrected chi connectivity index (χ3v) is 7.26. The number of carbonyl (C=O) groups is 1. The van der Waals surface area contributed by atoms with Gasteiger partial charge < -0.3 is 9.47 Å². The molecule has 2 heterocycles. The lowest BCUT2D eigenvalue weighted by molar-refractivity contribution is -0.122. The van der Waals surface area contributed by atoms with E-state index in [1.165, 1.54) is 63.1 Å². The van der Waals surface area contributed by atoms with Crippen LogP contribution in [0.25, 0.3) is 6.08 Å².